The van der Waals surface area contributed by atoms with E-state index >= 15 is 0 Å². The minimum atomic E-state index is -0.179. The van der Waals surface area contributed by atoms with Crippen molar-refractivity contribution in [2.24, 2.45) is 0 Å². The highest BCUT2D eigenvalue weighted by molar-refractivity contribution is 6.35. The van der Waals surface area contributed by atoms with Crippen LogP contribution < -0.4 is 0 Å². The summed E-state index contributed by atoms with van der Waals surface area (Å²) in [6.07, 6.45) is 0. The van der Waals surface area contributed by atoms with Crippen molar-refractivity contribution in [1.29, 1.82) is 0 Å². The van der Waals surface area contributed by atoms with Crippen LogP contribution in [0.4, 0.5) is 0 Å². The van der Waals surface area contributed by atoms with E-state index in [1.54, 1.807) is 24.3 Å². The van der Waals surface area contributed by atoms with Gasteiger partial charge in [-0.05, 0) is 37.6 Å². The third-order valence-corrected chi connectivity index (χ3v) is 3.75. The van der Waals surface area contributed by atoms with Crippen LogP contribution in [0.3, 0.4) is 0 Å². The highest BCUT2D eigenvalue weighted by Gasteiger charge is 2.20. The molecule has 0 aliphatic heterocycles. The summed E-state index contributed by atoms with van der Waals surface area (Å²) in [7, 11) is 0. The molecule has 0 unspecified atom stereocenters. The summed E-state index contributed by atoms with van der Waals surface area (Å²) in [5, 5.41) is 1.40. The quantitative estimate of drug-likeness (QED) is 0.624. The third-order valence-electron chi connectivity index (χ3n) is 3.42. The van der Waals surface area contributed by atoms with Gasteiger partial charge in [0.25, 0.3) is 0 Å². The van der Waals surface area contributed by atoms with E-state index in [0.29, 0.717) is 16.3 Å². The largest absolute Gasteiger partial charge is 0.452 e. The van der Waals surface area contributed by atoms with E-state index < -0.39 is 0 Å². The molecule has 0 aliphatic rings. The Morgan fingerprint density at radius 1 is 1.10 bits per heavy atom. The van der Waals surface area contributed by atoms with Crippen molar-refractivity contribution in [3.05, 3.63) is 69.9 Å². The molecule has 0 aliphatic carbocycles. The third kappa shape index (κ3) is 2.02. The van der Waals surface area contributed by atoms with Crippen LogP contribution in [0.25, 0.3) is 11.0 Å². The van der Waals surface area contributed by atoms with Crippen molar-refractivity contribution >= 4 is 28.4 Å². The van der Waals surface area contributed by atoms with E-state index in [1.807, 2.05) is 32.0 Å². The molecule has 2 aromatic carbocycles. The molecule has 0 amide bonds. The number of benzene rings is 2. The van der Waals surface area contributed by atoms with Crippen molar-refractivity contribution in [3.8, 4) is 0 Å². The SMILES string of the molecule is Cc1ccc2c(C)c(C(=O)c3ccccc3Cl)oc2c1. The van der Waals surface area contributed by atoms with E-state index in [-0.39, 0.29) is 5.78 Å². The second-order valence-corrected chi connectivity index (χ2v) is 5.27. The molecule has 3 heteroatoms. The second kappa shape index (κ2) is 4.80. The van der Waals surface area contributed by atoms with Gasteiger partial charge in [0.15, 0.2) is 5.76 Å². The Labute approximate surface area is 122 Å². The lowest BCUT2D eigenvalue weighted by Crippen LogP contribution is -2.02. The van der Waals surface area contributed by atoms with E-state index in [4.69, 9.17) is 16.0 Å². The van der Waals surface area contributed by atoms with Crippen LogP contribution >= 0.6 is 11.6 Å². The number of aryl methyl sites for hydroxylation is 2. The van der Waals surface area contributed by atoms with Crippen LogP contribution in [0.5, 0.6) is 0 Å². The van der Waals surface area contributed by atoms with Gasteiger partial charge in [0, 0.05) is 16.5 Å². The van der Waals surface area contributed by atoms with Gasteiger partial charge >= 0.3 is 0 Å². The first-order valence-corrected chi connectivity index (χ1v) is 6.74. The Morgan fingerprint density at radius 3 is 2.60 bits per heavy atom. The van der Waals surface area contributed by atoms with Crippen LogP contribution in [-0.2, 0) is 0 Å². The molecule has 0 atom stereocenters. The summed E-state index contributed by atoms with van der Waals surface area (Å²) in [4.78, 5) is 12.6. The van der Waals surface area contributed by atoms with Crippen LogP contribution in [-0.4, -0.2) is 5.78 Å². The zero-order chi connectivity index (χ0) is 14.3. The standard InChI is InChI=1S/C17H13ClO2/c1-10-7-8-12-11(2)17(20-15(12)9-10)16(19)13-5-3-4-6-14(13)18/h3-9H,1-2H3. The molecule has 3 aromatic rings. The van der Waals surface area contributed by atoms with Gasteiger partial charge in [-0.1, -0.05) is 35.9 Å². The van der Waals surface area contributed by atoms with Crippen molar-refractivity contribution in [2.75, 3.05) is 0 Å². The first-order chi connectivity index (χ1) is 9.58. The van der Waals surface area contributed by atoms with Crippen molar-refractivity contribution in [3.63, 3.8) is 0 Å². The highest BCUT2D eigenvalue weighted by Crippen LogP contribution is 2.29. The van der Waals surface area contributed by atoms with Gasteiger partial charge in [-0.3, -0.25) is 4.79 Å². The summed E-state index contributed by atoms with van der Waals surface area (Å²) in [6, 6.07) is 12.9. The van der Waals surface area contributed by atoms with Crippen LogP contribution in [0, 0.1) is 13.8 Å². The minimum Gasteiger partial charge on any atom is -0.452 e. The number of hydrogen-bond acceptors (Lipinski definition) is 2. The Bertz CT molecular complexity index is 815. The molecule has 100 valence electrons. The average molecular weight is 285 g/mol. The maximum atomic E-state index is 12.6. The Balaban J connectivity index is 2.18. The molecule has 1 aromatic heterocycles. The molecular weight excluding hydrogens is 272 g/mol. The molecule has 0 radical (unpaired) electrons. The monoisotopic (exact) mass is 284 g/mol. The lowest BCUT2D eigenvalue weighted by atomic mass is 10.0. The molecule has 0 bridgehead atoms. The summed E-state index contributed by atoms with van der Waals surface area (Å²) in [5.74, 6) is 0.181. The number of carbonyl (C=O) groups excluding carboxylic acids is 1. The number of fused-ring (bicyclic) bond motifs is 1. The highest BCUT2D eigenvalue weighted by atomic mass is 35.5. The smallest absolute Gasteiger partial charge is 0.229 e. The van der Waals surface area contributed by atoms with Gasteiger partial charge in [-0.25, -0.2) is 0 Å². The molecule has 0 saturated heterocycles. The first-order valence-electron chi connectivity index (χ1n) is 6.37. The van der Waals surface area contributed by atoms with E-state index in [9.17, 15) is 4.79 Å². The van der Waals surface area contributed by atoms with Crippen molar-refractivity contribution < 1.29 is 9.21 Å². The zero-order valence-corrected chi connectivity index (χ0v) is 12.0. The van der Waals surface area contributed by atoms with Gasteiger partial charge in [-0.15, -0.1) is 0 Å². The molecule has 1 heterocycles. The van der Waals surface area contributed by atoms with Gasteiger partial charge in [0.1, 0.15) is 5.58 Å². The van der Waals surface area contributed by atoms with Crippen molar-refractivity contribution in [1.82, 2.24) is 0 Å². The molecule has 0 saturated carbocycles. The van der Waals surface area contributed by atoms with Crippen molar-refractivity contribution in [2.45, 2.75) is 13.8 Å². The Hall–Kier alpha value is -2.06. The fourth-order valence-corrected chi connectivity index (χ4v) is 2.54. The maximum absolute atomic E-state index is 12.6. The number of halogens is 1. The predicted octanol–water partition coefficient (Wildman–Crippen LogP) is 4.93. The van der Waals surface area contributed by atoms with Gasteiger partial charge in [0.2, 0.25) is 5.78 Å². The average Bonchev–Trinajstić information content (AvgIpc) is 2.75. The Morgan fingerprint density at radius 2 is 1.85 bits per heavy atom. The number of carbonyl (C=O) groups is 1. The van der Waals surface area contributed by atoms with Gasteiger partial charge in [0.05, 0.1) is 5.02 Å². The maximum Gasteiger partial charge on any atom is 0.229 e. The zero-order valence-electron chi connectivity index (χ0n) is 11.2. The van der Waals surface area contributed by atoms with E-state index in [2.05, 4.69) is 0 Å². The lowest BCUT2D eigenvalue weighted by Gasteiger charge is -2.01. The number of ketones is 1. The second-order valence-electron chi connectivity index (χ2n) is 4.86. The fourth-order valence-electron chi connectivity index (χ4n) is 2.32. The van der Waals surface area contributed by atoms with Crippen LogP contribution in [0.2, 0.25) is 5.02 Å². The van der Waals surface area contributed by atoms with E-state index in [0.717, 1.165) is 22.1 Å². The summed E-state index contributed by atoms with van der Waals surface area (Å²) < 4.78 is 5.74. The summed E-state index contributed by atoms with van der Waals surface area (Å²) in [6.45, 7) is 3.89. The van der Waals surface area contributed by atoms with Gasteiger partial charge in [-0.2, -0.15) is 0 Å². The number of hydrogen-bond donors (Lipinski definition) is 0. The predicted molar refractivity (Wildman–Crippen MR) is 80.6 cm³/mol. The van der Waals surface area contributed by atoms with E-state index in [1.165, 1.54) is 0 Å². The summed E-state index contributed by atoms with van der Waals surface area (Å²) >= 11 is 6.08. The minimum absolute atomic E-state index is 0.179. The fraction of sp³-hybridized carbons (Fsp3) is 0.118. The molecule has 3 rings (SSSR count). The molecule has 20 heavy (non-hydrogen) atoms. The first kappa shape index (κ1) is 12.9. The van der Waals surface area contributed by atoms with Crippen LogP contribution in [0.15, 0.2) is 46.9 Å². The van der Waals surface area contributed by atoms with Gasteiger partial charge < -0.3 is 4.42 Å². The molecule has 0 spiro atoms. The Kier molecular flexibility index (Phi) is 3.11. The molecular formula is C17H13ClO2. The number of rotatable bonds is 2. The molecule has 0 fully saturated rings. The molecule has 0 N–H and O–H groups in total. The number of furan rings is 1. The topological polar surface area (TPSA) is 30.2 Å². The molecule has 2 nitrogen and oxygen atoms in total. The normalized spacial score (nSPS) is 10.9. The summed E-state index contributed by atoms with van der Waals surface area (Å²) in [5.41, 5.74) is 3.15. The van der Waals surface area contributed by atoms with Crippen LogP contribution in [0.1, 0.15) is 27.2 Å². The lowest BCUT2D eigenvalue weighted by molar-refractivity contribution is 0.101.